The fourth-order valence-electron chi connectivity index (χ4n) is 5.26. The molecule has 4 aromatic rings. The van der Waals surface area contributed by atoms with E-state index in [1.54, 1.807) is 25.3 Å². The van der Waals surface area contributed by atoms with E-state index in [0.717, 1.165) is 28.9 Å². The molecule has 226 valence electrons. The van der Waals surface area contributed by atoms with Gasteiger partial charge in [-0.2, -0.15) is 0 Å². The Hall–Kier alpha value is -4.32. The number of nitrogens with zero attached hydrogens (tertiary/aromatic N) is 4. The number of nitrogens with one attached hydrogen (secondary N) is 1. The molecule has 0 unspecified atom stereocenters. The van der Waals surface area contributed by atoms with Gasteiger partial charge in [0.2, 0.25) is 0 Å². The van der Waals surface area contributed by atoms with Crippen LogP contribution in [-0.2, 0) is 27.4 Å². The van der Waals surface area contributed by atoms with Gasteiger partial charge in [0.15, 0.2) is 5.82 Å². The third-order valence-corrected chi connectivity index (χ3v) is 8.02. The van der Waals surface area contributed by atoms with Crippen LogP contribution in [-0.4, -0.2) is 64.7 Å². The summed E-state index contributed by atoms with van der Waals surface area (Å²) < 4.78 is 24.5. The Bertz CT molecular complexity index is 1580. The number of hydrogen-bond donors (Lipinski definition) is 1. The van der Waals surface area contributed by atoms with Crippen molar-refractivity contribution in [2.45, 2.75) is 44.9 Å². The highest BCUT2D eigenvalue weighted by atomic mass is 79.9. The van der Waals surface area contributed by atoms with Crippen LogP contribution in [0.1, 0.15) is 42.6 Å². The summed E-state index contributed by atoms with van der Waals surface area (Å²) in [5.74, 6) is 2.38. The van der Waals surface area contributed by atoms with Gasteiger partial charge in [0, 0.05) is 50.0 Å². The molecule has 0 radical (unpaired) electrons. The first-order chi connectivity index (χ1) is 20.9. The van der Waals surface area contributed by atoms with E-state index < -0.39 is 6.09 Å². The molecular formula is C31H34BrN5O6. The monoisotopic (exact) mass is 651 g/mol. The summed E-state index contributed by atoms with van der Waals surface area (Å²) in [5, 5.41) is 3.41. The summed E-state index contributed by atoms with van der Waals surface area (Å²) in [5.41, 5.74) is 2.62. The number of methoxy groups -OCH3 is 2. The number of esters is 1. The number of likely N-dealkylation sites (tertiary alicyclic amines) is 1. The number of ether oxygens (including phenoxy) is 4. The van der Waals surface area contributed by atoms with Crippen molar-refractivity contribution in [1.82, 2.24) is 19.3 Å². The Labute approximate surface area is 258 Å². The van der Waals surface area contributed by atoms with Crippen molar-refractivity contribution >= 4 is 39.3 Å². The minimum Gasteiger partial charge on any atom is -0.497 e. The van der Waals surface area contributed by atoms with Gasteiger partial charge < -0.3 is 29.2 Å². The molecule has 2 aromatic heterocycles. The minimum atomic E-state index is -0.455. The van der Waals surface area contributed by atoms with Crippen LogP contribution in [0.4, 0.5) is 10.6 Å². The fraction of sp³-hybridized carbons (Fsp3) is 0.355. The molecule has 12 heteroatoms. The topological polar surface area (TPSA) is 117 Å². The van der Waals surface area contributed by atoms with Crippen LogP contribution in [0.15, 0.2) is 65.5 Å². The molecule has 1 amide bonds. The lowest BCUT2D eigenvalue weighted by Crippen LogP contribution is -2.49. The van der Waals surface area contributed by atoms with Gasteiger partial charge in [-0.15, -0.1) is 0 Å². The van der Waals surface area contributed by atoms with Gasteiger partial charge in [0.25, 0.3) is 0 Å². The van der Waals surface area contributed by atoms with Crippen molar-refractivity contribution in [1.29, 1.82) is 0 Å². The van der Waals surface area contributed by atoms with Crippen LogP contribution in [0.3, 0.4) is 0 Å². The average molecular weight is 653 g/mol. The Morgan fingerprint density at radius 1 is 1.07 bits per heavy atom. The first-order valence-electron chi connectivity index (χ1n) is 14.0. The van der Waals surface area contributed by atoms with E-state index in [4.69, 9.17) is 23.9 Å². The van der Waals surface area contributed by atoms with E-state index >= 15 is 0 Å². The number of hydrogen-bond acceptors (Lipinski definition) is 9. The summed E-state index contributed by atoms with van der Waals surface area (Å²) in [6.07, 6.45) is 4.50. The van der Waals surface area contributed by atoms with Gasteiger partial charge in [-0.1, -0.05) is 30.3 Å². The molecule has 1 fully saturated rings. The van der Waals surface area contributed by atoms with Gasteiger partial charge in [-0.3, -0.25) is 9.20 Å². The molecule has 2 atom stereocenters. The molecule has 2 aromatic carbocycles. The fourth-order valence-corrected chi connectivity index (χ4v) is 5.83. The van der Waals surface area contributed by atoms with Crippen molar-refractivity contribution in [3.63, 3.8) is 0 Å². The molecule has 0 aliphatic carbocycles. The molecule has 1 aliphatic heterocycles. The van der Waals surface area contributed by atoms with E-state index in [0.29, 0.717) is 41.4 Å². The minimum absolute atomic E-state index is 0.0893. The zero-order chi connectivity index (χ0) is 30.3. The molecule has 0 bridgehead atoms. The number of rotatable bonds is 10. The standard InChI is InChI=1S/C31H34BrN5O6/c1-20(38)42-19-24-11-9-23(17-37(24)31(39)43-18-21-7-5-4-6-8-21)30-35-28(32)27-29(33-13-14-36(27)30)34-16-22-10-12-25(40-2)15-26(22)41-3/h4-8,10,12-15,23-24H,9,11,16-19H2,1-3H3,(H,33,34)/t23-,24-/m0/s1. The molecule has 5 rings (SSSR count). The summed E-state index contributed by atoms with van der Waals surface area (Å²) >= 11 is 3.64. The Morgan fingerprint density at radius 2 is 1.88 bits per heavy atom. The van der Waals surface area contributed by atoms with Crippen molar-refractivity contribution in [2.75, 3.05) is 32.7 Å². The zero-order valence-electron chi connectivity index (χ0n) is 24.3. The van der Waals surface area contributed by atoms with Gasteiger partial charge >= 0.3 is 12.1 Å². The number of amides is 1. The summed E-state index contributed by atoms with van der Waals surface area (Å²) in [7, 11) is 3.24. The number of halogens is 1. The number of aromatic nitrogens is 3. The van der Waals surface area contributed by atoms with E-state index in [9.17, 15) is 9.59 Å². The Morgan fingerprint density at radius 3 is 2.63 bits per heavy atom. The average Bonchev–Trinajstić information content (AvgIpc) is 3.38. The molecule has 3 heterocycles. The molecule has 1 aliphatic rings. The summed E-state index contributed by atoms with van der Waals surface area (Å²) in [6, 6.07) is 14.9. The highest BCUT2D eigenvalue weighted by Crippen LogP contribution is 2.35. The molecule has 1 saturated heterocycles. The van der Waals surface area contributed by atoms with Crippen LogP contribution in [0.25, 0.3) is 5.52 Å². The van der Waals surface area contributed by atoms with Crippen molar-refractivity contribution in [3.8, 4) is 11.5 Å². The Kier molecular flexibility index (Phi) is 9.65. The molecule has 0 saturated carbocycles. The van der Waals surface area contributed by atoms with Gasteiger partial charge in [-0.05, 0) is 46.5 Å². The number of fused-ring (bicyclic) bond motifs is 1. The van der Waals surface area contributed by atoms with Gasteiger partial charge in [-0.25, -0.2) is 14.8 Å². The maximum atomic E-state index is 13.3. The second-order valence-corrected chi connectivity index (χ2v) is 11.0. The lowest BCUT2D eigenvalue weighted by molar-refractivity contribution is -0.143. The molecule has 43 heavy (non-hydrogen) atoms. The first-order valence-corrected chi connectivity index (χ1v) is 14.7. The summed E-state index contributed by atoms with van der Waals surface area (Å²) in [4.78, 5) is 36.0. The van der Waals surface area contributed by atoms with Crippen molar-refractivity contribution < 1.29 is 28.5 Å². The van der Waals surface area contributed by atoms with E-state index in [1.165, 1.54) is 6.92 Å². The quantitative estimate of drug-likeness (QED) is 0.220. The van der Waals surface area contributed by atoms with Crippen molar-refractivity contribution in [2.24, 2.45) is 0 Å². The number of carbonyl (C=O) groups excluding carboxylic acids is 2. The normalized spacial score (nSPS) is 16.5. The van der Waals surface area contributed by atoms with Gasteiger partial charge in [0.05, 0.1) is 20.3 Å². The molecule has 11 nitrogen and oxygen atoms in total. The van der Waals surface area contributed by atoms with E-state index in [2.05, 4.69) is 26.2 Å². The zero-order valence-corrected chi connectivity index (χ0v) is 25.9. The second-order valence-electron chi connectivity index (χ2n) is 10.2. The lowest BCUT2D eigenvalue weighted by atomic mass is 9.92. The molecular weight excluding hydrogens is 618 g/mol. The van der Waals surface area contributed by atoms with Crippen LogP contribution in [0, 0.1) is 0 Å². The Balaban J connectivity index is 1.36. The predicted octanol–water partition coefficient (Wildman–Crippen LogP) is 5.57. The number of benzene rings is 2. The number of imidazole rings is 1. The third-order valence-electron chi connectivity index (χ3n) is 7.47. The first kappa shape index (κ1) is 30.1. The van der Waals surface area contributed by atoms with Crippen LogP contribution in [0.2, 0.25) is 0 Å². The summed E-state index contributed by atoms with van der Waals surface area (Å²) in [6.45, 7) is 2.45. The van der Waals surface area contributed by atoms with E-state index in [1.807, 2.05) is 59.1 Å². The predicted molar refractivity (Wildman–Crippen MR) is 163 cm³/mol. The third kappa shape index (κ3) is 7.02. The van der Waals surface area contributed by atoms with E-state index in [-0.39, 0.29) is 31.1 Å². The van der Waals surface area contributed by atoms with Crippen molar-refractivity contribution in [3.05, 3.63) is 82.5 Å². The highest BCUT2D eigenvalue weighted by Gasteiger charge is 2.36. The SMILES string of the molecule is COc1ccc(CNc2nccn3c([C@H]4CC[C@@H](COC(C)=O)N(C(=O)OCc5ccccc5)C4)nc(Br)c23)c(OC)c1. The van der Waals surface area contributed by atoms with Crippen LogP contribution < -0.4 is 14.8 Å². The van der Waals surface area contributed by atoms with Gasteiger partial charge in [0.1, 0.15) is 40.7 Å². The second kappa shape index (κ2) is 13.8. The maximum absolute atomic E-state index is 13.3. The maximum Gasteiger partial charge on any atom is 0.410 e. The number of carbonyl (C=O) groups is 2. The number of anilines is 1. The van der Waals surface area contributed by atoms with Crippen LogP contribution in [0.5, 0.6) is 11.5 Å². The molecule has 1 N–H and O–H groups in total. The smallest absolute Gasteiger partial charge is 0.410 e. The number of piperidine rings is 1. The molecule has 0 spiro atoms. The van der Waals surface area contributed by atoms with Crippen LogP contribution >= 0.6 is 15.9 Å². The largest absolute Gasteiger partial charge is 0.497 e. The lowest BCUT2D eigenvalue weighted by Gasteiger charge is -2.38. The highest BCUT2D eigenvalue weighted by molar-refractivity contribution is 9.10.